The van der Waals surface area contributed by atoms with Gasteiger partial charge in [-0.25, -0.2) is 0 Å². The van der Waals surface area contributed by atoms with Crippen LogP contribution < -0.4 is 10.6 Å². The van der Waals surface area contributed by atoms with E-state index in [4.69, 9.17) is 0 Å². The molecule has 2 aliphatic heterocycles. The summed E-state index contributed by atoms with van der Waals surface area (Å²) in [5.74, 6) is -0.0941. The zero-order valence-electron chi connectivity index (χ0n) is 12.9. The number of carbonyl (C=O) groups excluding carboxylic acids is 2. The molecule has 6 nitrogen and oxygen atoms in total. The third-order valence-corrected chi connectivity index (χ3v) is 4.21. The zero-order valence-corrected chi connectivity index (χ0v) is 12.9. The largest absolute Gasteiger partial charge is 0.350 e. The van der Waals surface area contributed by atoms with Gasteiger partial charge in [0.15, 0.2) is 0 Å². The molecule has 0 bridgehead atoms. The fourth-order valence-corrected chi connectivity index (χ4v) is 3.03. The van der Waals surface area contributed by atoms with E-state index >= 15 is 0 Å². The van der Waals surface area contributed by atoms with E-state index in [1.54, 1.807) is 17.3 Å². The van der Waals surface area contributed by atoms with E-state index in [9.17, 15) is 9.59 Å². The molecule has 0 radical (unpaired) electrons. The summed E-state index contributed by atoms with van der Waals surface area (Å²) in [6.07, 6.45) is 7.58. The van der Waals surface area contributed by atoms with Gasteiger partial charge in [0.1, 0.15) is 0 Å². The number of hydrogen-bond donors (Lipinski definition) is 2. The van der Waals surface area contributed by atoms with Crippen LogP contribution in [0.3, 0.4) is 0 Å². The summed E-state index contributed by atoms with van der Waals surface area (Å²) in [5.41, 5.74) is 1.52. The summed E-state index contributed by atoms with van der Waals surface area (Å²) in [6, 6.07) is 3.94. The molecule has 3 heterocycles. The van der Waals surface area contributed by atoms with Gasteiger partial charge >= 0.3 is 0 Å². The van der Waals surface area contributed by atoms with E-state index in [1.807, 2.05) is 18.2 Å². The first-order chi connectivity index (χ1) is 11.2. The number of likely N-dealkylation sites (tertiary alicyclic amines) is 1. The Kier molecular flexibility index (Phi) is 4.52. The smallest absolute Gasteiger partial charge is 0.251 e. The van der Waals surface area contributed by atoms with E-state index in [-0.39, 0.29) is 23.9 Å². The first-order valence-corrected chi connectivity index (χ1v) is 7.75. The Morgan fingerprint density at radius 3 is 2.96 bits per heavy atom. The van der Waals surface area contributed by atoms with Crippen LogP contribution in [0.15, 0.2) is 43.3 Å². The lowest BCUT2D eigenvalue weighted by atomic mass is 10.00. The zero-order chi connectivity index (χ0) is 16.2. The van der Waals surface area contributed by atoms with Gasteiger partial charge in [-0.3, -0.25) is 14.6 Å². The Balaban J connectivity index is 1.67. The van der Waals surface area contributed by atoms with Crippen molar-refractivity contribution in [2.75, 3.05) is 19.6 Å². The molecule has 1 fully saturated rings. The molecule has 23 heavy (non-hydrogen) atoms. The summed E-state index contributed by atoms with van der Waals surface area (Å²) in [7, 11) is 0. The van der Waals surface area contributed by atoms with Crippen LogP contribution in [-0.4, -0.2) is 53.4 Å². The van der Waals surface area contributed by atoms with Crippen molar-refractivity contribution in [3.05, 3.63) is 48.8 Å². The van der Waals surface area contributed by atoms with E-state index < -0.39 is 0 Å². The second kappa shape index (κ2) is 6.75. The molecule has 1 unspecified atom stereocenters. The van der Waals surface area contributed by atoms with Crippen molar-refractivity contribution in [2.45, 2.75) is 18.5 Å². The van der Waals surface area contributed by atoms with Gasteiger partial charge in [-0.2, -0.15) is 0 Å². The molecular weight excluding hydrogens is 292 g/mol. The predicted molar refractivity (Wildman–Crippen MR) is 87.3 cm³/mol. The monoisotopic (exact) mass is 312 g/mol. The predicted octanol–water partition coefficient (Wildman–Crippen LogP) is 0.340. The Morgan fingerprint density at radius 1 is 1.43 bits per heavy atom. The van der Waals surface area contributed by atoms with Crippen molar-refractivity contribution in [3.63, 3.8) is 0 Å². The Bertz CT molecular complexity index is 641. The first kappa shape index (κ1) is 15.4. The van der Waals surface area contributed by atoms with Gasteiger partial charge in [0.25, 0.3) is 5.91 Å². The highest BCUT2D eigenvalue weighted by atomic mass is 16.2. The van der Waals surface area contributed by atoms with Crippen LogP contribution in [0.4, 0.5) is 0 Å². The van der Waals surface area contributed by atoms with Crippen LogP contribution in [0.1, 0.15) is 12.0 Å². The third-order valence-electron chi connectivity index (χ3n) is 4.21. The van der Waals surface area contributed by atoms with Crippen LogP contribution in [-0.2, 0) is 9.59 Å². The number of carbonyl (C=O) groups is 2. The van der Waals surface area contributed by atoms with Crippen LogP contribution in [0, 0.1) is 0 Å². The van der Waals surface area contributed by atoms with Gasteiger partial charge in [-0.1, -0.05) is 12.7 Å². The molecule has 1 aromatic heterocycles. The molecule has 0 aromatic carbocycles. The van der Waals surface area contributed by atoms with E-state index in [1.165, 1.54) is 6.08 Å². The van der Waals surface area contributed by atoms with Crippen molar-refractivity contribution in [1.29, 1.82) is 0 Å². The number of aromatic nitrogens is 1. The highest BCUT2D eigenvalue weighted by Crippen LogP contribution is 2.18. The first-order valence-electron chi connectivity index (χ1n) is 7.75. The normalized spacial score (nSPS) is 24.1. The van der Waals surface area contributed by atoms with Crippen molar-refractivity contribution in [1.82, 2.24) is 20.5 Å². The Hall–Kier alpha value is -2.47. The molecule has 0 spiro atoms. The maximum Gasteiger partial charge on any atom is 0.251 e. The van der Waals surface area contributed by atoms with E-state index in [0.717, 1.165) is 18.5 Å². The highest BCUT2D eigenvalue weighted by Gasteiger charge is 2.28. The average Bonchev–Trinajstić information content (AvgIpc) is 3.05. The standard InChI is InChI=1S/C17H20N4O2/c1-2-16(22)21-8-5-13(11-21)20-14-9-15(17(23)19-10-14)12-3-6-18-7-4-12/h2-4,6-7,9,13-14,20H,1,5,8,10-11H2,(H,19,23)/t13?,14-/m1/s1. The van der Waals surface area contributed by atoms with Crippen LogP contribution >= 0.6 is 0 Å². The minimum atomic E-state index is -0.0656. The lowest BCUT2D eigenvalue weighted by molar-refractivity contribution is -0.125. The van der Waals surface area contributed by atoms with E-state index in [0.29, 0.717) is 18.7 Å². The van der Waals surface area contributed by atoms with E-state index in [2.05, 4.69) is 22.2 Å². The number of nitrogens with one attached hydrogen (secondary N) is 2. The number of rotatable bonds is 4. The minimum absolute atomic E-state index is 0.0285. The molecule has 0 saturated carbocycles. The average molecular weight is 312 g/mol. The fourth-order valence-electron chi connectivity index (χ4n) is 3.03. The molecule has 2 amide bonds. The van der Waals surface area contributed by atoms with Gasteiger partial charge in [-0.15, -0.1) is 0 Å². The van der Waals surface area contributed by atoms with Crippen LogP contribution in [0.25, 0.3) is 5.57 Å². The van der Waals surface area contributed by atoms with Crippen LogP contribution in [0.2, 0.25) is 0 Å². The Labute approximate surface area is 135 Å². The summed E-state index contributed by atoms with van der Waals surface area (Å²) < 4.78 is 0. The maximum atomic E-state index is 12.1. The summed E-state index contributed by atoms with van der Waals surface area (Å²) >= 11 is 0. The van der Waals surface area contributed by atoms with Gasteiger partial charge in [0.05, 0.1) is 0 Å². The molecule has 6 heteroatoms. The minimum Gasteiger partial charge on any atom is -0.350 e. The second-order valence-corrected chi connectivity index (χ2v) is 5.77. The third kappa shape index (κ3) is 3.48. The molecule has 0 aliphatic carbocycles. The molecule has 2 N–H and O–H groups in total. The second-order valence-electron chi connectivity index (χ2n) is 5.77. The summed E-state index contributed by atoms with van der Waals surface area (Å²) in [4.78, 5) is 29.5. The van der Waals surface area contributed by atoms with Gasteiger partial charge in [0, 0.05) is 49.7 Å². The molecule has 1 saturated heterocycles. The summed E-state index contributed by atoms with van der Waals surface area (Å²) in [5, 5.41) is 6.43. The summed E-state index contributed by atoms with van der Waals surface area (Å²) in [6.45, 7) is 5.49. The number of nitrogens with zero attached hydrogens (tertiary/aromatic N) is 2. The molecule has 120 valence electrons. The lowest BCUT2D eigenvalue weighted by Gasteiger charge is -2.26. The maximum absolute atomic E-state index is 12.1. The van der Waals surface area contributed by atoms with Crippen molar-refractivity contribution in [3.8, 4) is 0 Å². The van der Waals surface area contributed by atoms with Gasteiger partial charge < -0.3 is 15.5 Å². The van der Waals surface area contributed by atoms with Crippen molar-refractivity contribution >= 4 is 17.4 Å². The Morgan fingerprint density at radius 2 is 2.22 bits per heavy atom. The van der Waals surface area contributed by atoms with Crippen molar-refractivity contribution < 1.29 is 9.59 Å². The molecule has 2 atom stereocenters. The fraction of sp³-hybridized carbons (Fsp3) is 0.353. The highest BCUT2D eigenvalue weighted by molar-refractivity contribution is 6.20. The number of hydrogen-bond acceptors (Lipinski definition) is 4. The molecular formula is C17H20N4O2. The molecule has 3 rings (SSSR count). The molecule has 1 aromatic rings. The van der Waals surface area contributed by atoms with Crippen LogP contribution in [0.5, 0.6) is 0 Å². The quantitative estimate of drug-likeness (QED) is 0.786. The van der Waals surface area contributed by atoms with Crippen molar-refractivity contribution in [2.24, 2.45) is 0 Å². The number of pyridine rings is 1. The SMILES string of the molecule is C=CC(=O)N1CCC(N[C@@H]2C=C(c3ccncc3)C(=O)NC2)C1. The van der Waals surface area contributed by atoms with Gasteiger partial charge in [-0.05, 0) is 30.2 Å². The lowest BCUT2D eigenvalue weighted by Crippen LogP contribution is -2.48. The number of amides is 2. The topological polar surface area (TPSA) is 74.3 Å². The molecule has 2 aliphatic rings. The van der Waals surface area contributed by atoms with Gasteiger partial charge in [0.2, 0.25) is 5.91 Å².